The minimum Gasteiger partial charge on any atom is -0.493 e. The first kappa shape index (κ1) is 17.9. The first-order valence-electron chi connectivity index (χ1n) is 8.29. The Labute approximate surface area is 142 Å². The summed E-state index contributed by atoms with van der Waals surface area (Å²) in [4.78, 5) is 13.8. The largest absolute Gasteiger partial charge is 0.493 e. The first-order valence-corrected chi connectivity index (χ1v) is 8.29. The molecule has 3 N–H and O–H groups in total. The topological polar surface area (TPSA) is 97.1 Å². The molecule has 0 atom stereocenters. The molecule has 0 saturated carbocycles. The summed E-state index contributed by atoms with van der Waals surface area (Å²) in [6.45, 7) is 9.66. The molecule has 0 unspecified atom stereocenters. The second-order valence-electron chi connectivity index (χ2n) is 5.52. The Morgan fingerprint density at radius 2 is 2.00 bits per heavy atom. The molecule has 0 saturated heterocycles. The van der Waals surface area contributed by atoms with Crippen LogP contribution in [0, 0.1) is 0 Å². The van der Waals surface area contributed by atoms with Crippen LogP contribution in [0.25, 0.3) is 11.3 Å². The predicted octanol–water partition coefficient (Wildman–Crippen LogP) is 2.20. The normalized spacial score (nSPS) is 11.0. The second kappa shape index (κ2) is 8.44. The average Bonchev–Trinajstić information content (AvgIpc) is 3.08. The highest BCUT2D eigenvalue weighted by Crippen LogP contribution is 2.28. The van der Waals surface area contributed by atoms with E-state index in [4.69, 9.17) is 10.5 Å². The number of hydrogen-bond donors (Lipinski definition) is 2. The summed E-state index contributed by atoms with van der Waals surface area (Å²) in [7, 11) is 0. The van der Waals surface area contributed by atoms with Gasteiger partial charge in [-0.3, -0.25) is 9.69 Å². The van der Waals surface area contributed by atoms with Gasteiger partial charge in [0.05, 0.1) is 6.61 Å². The average molecular weight is 331 g/mol. The van der Waals surface area contributed by atoms with Crippen LogP contribution in [0.2, 0.25) is 0 Å². The third-order valence-corrected chi connectivity index (χ3v) is 3.87. The maximum absolute atomic E-state index is 11.5. The Kier molecular flexibility index (Phi) is 6.31. The molecule has 0 spiro atoms. The number of hydrogen-bond acceptors (Lipinski definition) is 5. The number of nitrogens with zero attached hydrogens (tertiary/aromatic N) is 3. The lowest BCUT2D eigenvalue weighted by atomic mass is 10.0. The summed E-state index contributed by atoms with van der Waals surface area (Å²) in [6.07, 6.45) is 0.946. The van der Waals surface area contributed by atoms with Crippen LogP contribution in [0.3, 0.4) is 0 Å². The van der Waals surface area contributed by atoms with Crippen molar-refractivity contribution in [2.75, 3.05) is 19.7 Å². The Bertz CT molecular complexity index is 679. The van der Waals surface area contributed by atoms with Crippen LogP contribution < -0.4 is 10.5 Å². The van der Waals surface area contributed by atoms with Gasteiger partial charge in [0, 0.05) is 17.7 Å². The molecular weight excluding hydrogens is 306 g/mol. The molecule has 24 heavy (non-hydrogen) atoms. The van der Waals surface area contributed by atoms with E-state index in [0.29, 0.717) is 12.3 Å². The number of carbonyl (C=O) groups is 1. The fourth-order valence-corrected chi connectivity index (χ4v) is 2.50. The van der Waals surface area contributed by atoms with Gasteiger partial charge in [-0.2, -0.15) is 15.4 Å². The van der Waals surface area contributed by atoms with E-state index in [-0.39, 0.29) is 5.69 Å². The highest BCUT2D eigenvalue weighted by atomic mass is 16.5. The molecule has 1 aromatic carbocycles. The minimum absolute atomic E-state index is 0.144. The summed E-state index contributed by atoms with van der Waals surface area (Å²) in [5.74, 6) is 0.256. The van der Waals surface area contributed by atoms with Crippen LogP contribution >= 0.6 is 0 Å². The van der Waals surface area contributed by atoms with E-state index in [0.717, 1.165) is 42.9 Å². The molecule has 2 rings (SSSR count). The number of primary amides is 1. The van der Waals surface area contributed by atoms with Crippen LogP contribution in [-0.2, 0) is 6.54 Å². The molecule has 2 aromatic rings. The van der Waals surface area contributed by atoms with Crippen molar-refractivity contribution in [2.45, 2.75) is 33.7 Å². The summed E-state index contributed by atoms with van der Waals surface area (Å²) >= 11 is 0. The highest BCUT2D eigenvalue weighted by Gasteiger charge is 2.17. The third kappa shape index (κ3) is 4.11. The summed E-state index contributed by atoms with van der Waals surface area (Å²) in [5, 5.41) is 10.4. The van der Waals surface area contributed by atoms with E-state index in [9.17, 15) is 4.79 Å². The van der Waals surface area contributed by atoms with Crippen molar-refractivity contribution in [1.29, 1.82) is 0 Å². The summed E-state index contributed by atoms with van der Waals surface area (Å²) in [5.41, 5.74) is 7.82. The Morgan fingerprint density at radius 1 is 1.25 bits per heavy atom. The van der Waals surface area contributed by atoms with Crippen LogP contribution in [0.5, 0.6) is 5.75 Å². The van der Waals surface area contributed by atoms with E-state index in [1.165, 1.54) is 0 Å². The number of rotatable bonds is 9. The van der Waals surface area contributed by atoms with Gasteiger partial charge in [-0.1, -0.05) is 20.8 Å². The molecule has 0 fully saturated rings. The molecular formula is C17H25N5O2. The SMILES string of the molecule is CCCOc1ccc(-c2n[nH]nc2C(N)=O)cc1CN(CC)CC. The maximum Gasteiger partial charge on any atom is 0.271 e. The second-order valence-corrected chi connectivity index (χ2v) is 5.52. The molecule has 0 aliphatic heterocycles. The van der Waals surface area contributed by atoms with Crippen LogP contribution in [0.1, 0.15) is 43.2 Å². The van der Waals surface area contributed by atoms with Crippen LogP contribution in [-0.4, -0.2) is 45.9 Å². The molecule has 0 aliphatic carbocycles. The fourth-order valence-electron chi connectivity index (χ4n) is 2.50. The highest BCUT2D eigenvalue weighted by molar-refractivity contribution is 5.96. The van der Waals surface area contributed by atoms with Gasteiger partial charge in [0.15, 0.2) is 5.69 Å². The van der Waals surface area contributed by atoms with E-state index < -0.39 is 5.91 Å². The monoisotopic (exact) mass is 331 g/mol. The molecule has 130 valence electrons. The molecule has 7 heteroatoms. The zero-order chi connectivity index (χ0) is 17.5. The Morgan fingerprint density at radius 3 is 2.62 bits per heavy atom. The number of H-pyrrole nitrogens is 1. The van der Waals surface area contributed by atoms with Crippen molar-refractivity contribution < 1.29 is 9.53 Å². The van der Waals surface area contributed by atoms with Gasteiger partial charge < -0.3 is 10.5 Å². The zero-order valence-corrected chi connectivity index (χ0v) is 14.5. The molecule has 0 aliphatic rings. The third-order valence-electron chi connectivity index (χ3n) is 3.87. The number of aromatic nitrogens is 3. The fraction of sp³-hybridized carbons (Fsp3) is 0.471. The van der Waals surface area contributed by atoms with Crippen LogP contribution in [0.4, 0.5) is 0 Å². The number of aromatic amines is 1. The van der Waals surface area contributed by atoms with Gasteiger partial charge in [-0.05, 0) is 37.7 Å². The molecule has 1 amide bonds. The molecule has 7 nitrogen and oxygen atoms in total. The van der Waals surface area contributed by atoms with E-state index >= 15 is 0 Å². The van der Waals surface area contributed by atoms with E-state index in [2.05, 4.69) is 41.1 Å². The lowest BCUT2D eigenvalue weighted by molar-refractivity contribution is 0.0996. The number of nitrogens with two attached hydrogens (primary N) is 1. The van der Waals surface area contributed by atoms with Gasteiger partial charge in [0.25, 0.3) is 5.91 Å². The standard InChI is InChI=1S/C17H25N5O2/c1-4-9-24-14-8-7-12(10-13(14)11-22(5-2)6-3)15-16(17(18)23)20-21-19-15/h7-8,10H,4-6,9,11H2,1-3H3,(H2,18,23)(H,19,20,21). The molecule has 1 heterocycles. The number of carbonyl (C=O) groups excluding carboxylic acids is 1. The number of nitrogens with one attached hydrogen (secondary N) is 1. The Hall–Kier alpha value is -2.41. The summed E-state index contributed by atoms with van der Waals surface area (Å²) < 4.78 is 5.86. The Balaban J connectivity index is 2.40. The zero-order valence-electron chi connectivity index (χ0n) is 14.5. The minimum atomic E-state index is -0.602. The van der Waals surface area contributed by atoms with E-state index in [1.807, 2.05) is 18.2 Å². The number of ether oxygens (including phenoxy) is 1. The number of amides is 1. The predicted molar refractivity (Wildman–Crippen MR) is 92.7 cm³/mol. The van der Waals surface area contributed by atoms with Gasteiger partial charge in [0.1, 0.15) is 11.4 Å². The molecule has 0 bridgehead atoms. The quantitative estimate of drug-likeness (QED) is 0.734. The summed E-state index contributed by atoms with van der Waals surface area (Å²) in [6, 6.07) is 5.79. The molecule has 0 radical (unpaired) electrons. The van der Waals surface area contributed by atoms with Crippen molar-refractivity contribution in [3.05, 3.63) is 29.5 Å². The lowest BCUT2D eigenvalue weighted by Crippen LogP contribution is -2.22. The van der Waals surface area contributed by atoms with Gasteiger partial charge in [-0.25, -0.2) is 0 Å². The number of benzene rings is 1. The molecule has 1 aromatic heterocycles. The first-order chi connectivity index (χ1) is 11.6. The van der Waals surface area contributed by atoms with Crippen LogP contribution in [0.15, 0.2) is 18.2 Å². The smallest absolute Gasteiger partial charge is 0.271 e. The van der Waals surface area contributed by atoms with Crippen molar-refractivity contribution in [1.82, 2.24) is 20.3 Å². The maximum atomic E-state index is 11.5. The van der Waals surface area contributed by atoms with Crippen molar-refractivity contribution in [3.63, 3.8) is 0 Å². The van der Waals surface area contributed by atoms with Gasteiger partial charge >= 0.3 is 0 Å². The van der Waals surface area contributed by atoms with Crippen molar-refractivity contribution in [2.24, 2.45) is 5.73 Å². The lowest BCUT2D eigenvalue weighted by Gasteiger charge is -2.20. The van der Waals surface area contributed by atoms with Crippen molar-refractivity contribution in [3.8, 4) is 17.0 Å². The van der Waals surface area contributed by atoms with E-state index in [1.54, 1.807) is 0 Å². The van der Waals surface area contributed by atoms with Gasteiger partial charge in [-0.15, -0.1) is 0 Å². The van der Waals surface area contributed by atoms with Gasteiger partial charge in [0.2, 0.25) is 0 Å². The van der Waals surface area contributed by atoms with Crippen molar-refractivity contribution >= 4 is 5.91 Å².